The minimum Gasteiger partial charge on any atom is -0.493 e. The summed E-state index contributed by atoms with van der Waals surface area (Å²) < 4.78 is 0. The predicted molar refractivity (Wildman–Crippen MR) is 131 cm³/mol. The second-order valence-corrected chi connectivity index (χ2v) is 8.59. The Hall–Kier alpha value is -4.52. The van der Waals surface area contributed by atoms with Crippen molar-refractivity contribution in [3.63, 3.8) is 0 Å². The van der Waals surface area contributed by atoms with Gasteiger partial charge in [-0.25, -0.2) is 4.79 Å². The number of rotatable bonds is 9. The van der Waals surface area contributed by atoms with E-state index in [4.69, 9.17) is 0 Å². The molecule has 0 spiro atoms. The standard InChI is InChI=1S/C25H26N6O4/c1-16(17-7-4-3-5-8-17)14-25(2,15-26)12-11-20(32)27-18-9-6-10-19(13-18)30-31-21-22(33)28-24(35)29-23(21)34/h3-10,13,16H,11-12,14H2,1-2H3,(H,27,32)(H3,28,29,33,34,35). The van der Waals surface area contributed by atoms with E-state index in [-0.39, 0.29) is 18.2 Å². The zero-order valence-corrected chi connectivity index (χ0v) is 19.4. The zero-order chi connectivity index (χ0) is 25.4. The van der Waals surface area contributed by atoms with Gasteiger partial charge in [-0.2, -0.15) is 10.4 Å². The molecule has 10 nitrogen and oxygen atoms in total. The molecular formula is C25H26N6O4. The molecule has 2 unspecified atom stereocenters. The van der Waals surface area contributed by atoms with Crippen molar-refractivity contribution >= 4 is 23.0 Å². The van der Waals surface area contributed by atoms with Gasteiger partial charge >= 0.3 is 5.69 Å². The largest absolute Gasteiger partial charge is 0.493 e. The van der Waals surface area contributed by atoms with E-state index >= 15 is 0 Å². The van der Waals surface area contributed by atoms with Crippen LogP contribution in [0.2, 0.25) is 0 Å². The van der Waals surface area contributed by atoms with Gasteiger partial charge < -0.3 is 10.4 Å². The van der Waals surface area contributed by atoms with Crippen LogP contribution in [0.3, 0.4) is 0 Å². The lowest BCUT2D eigenvalue weighted by Crippen LogP contribution is -2.21. The van der Waals surface area contributed by atoms with Gasteiger partial charge in [0, 0.05) is 12.1 Å². The van der Waals surface area contributed by atoms with Crippen molar-refractivity contribution in [1.82, 2.24) is 9.97 Å². The number of aromatic amines is 2. The minimum atomic E-state index is -0.887. The number of aromatic nitrogens is 2. The SMILES string of the molecule is CC(CC(C)(C#N)CCC(=O)Nc1cccc(N=Nc2c(O)[nH]c(=O)[nH]c2=O)c1)c1ccccc1. The van der Waals surface area contributed by atoms with Gasteiger partial charge in [-0.1, -0.05) is 43.3 Å². The Balaban J connectivity index is 1.61. The number of nitrogens with one attached hydrogen (secondary N) is 3. The van der Waals surface area contributed by atoms with E-state index in [0.717, 1.165) is 5.56 Å². The molecule has 1 heterocycles. The van der Waals surface area contributed by atoms with Crippen LogP contribution in [0.25, 0.3) is 0 Å². The molecular weight excluding hydrogens is 448 g/mol. The second-order valence-electron chi connectivity index (χ2n) is 8.59. The number of carbonyl (C=O) groups is 1. The highest BCUT2D eigenvalue weighted by Crippen LogP contribution is 2.35. The number of azo groups is 1. The molecule has 0 aliphatic rings. The number of benzene rings is 2. The van der Waals surface area contributed by atoms with Gasteiger partial charge in [0.1, 0.15) is 0 Å². The summed E-state index contributed by atoms with van der Waals surface area (Å²) in [5, 5.41) is 29.8. The van der Waals surface area contributed by atoms with Crippen molar-refractivity contribution in [3.8, 4) is 11.9 Å². The van der Waals surface area contributed by atoms with E-state index in [1.54, 1.807) is 24.3 Å². The maximum Gasteiger partial charge on any atom is 0.328 e. The summed E-state index contributed by atoms with van der Waals surface area (Å²) in [5.74, 6) is -0.767. The van der Waals surface area contributed by atoms with Crippen molar-refractivity contribution < 1.29 is 9.90 Å². The maximum atomic E-state index is 12.6. The average Bonchev–Trinajstić information content (AvgIpc) is 2.83. The summed E-state index contributed by atoms with van der Waals surface area (Å²) in [4.78, 5) is 39.4. The third-order valence-electron chi connectivity index (χ3n) is 5.59. The highest BCUT2D eigenvalue weighted by molar-refractivity contribution is 5.91. The number of H-pyrrole nitrogens is 2. The van der Waals surface area contributed by atoms with Gasteiger partial charge in [-0.05, 0) is 49.4 Å². The third-order valence-corrected chi connectivity index (χ3v) is 5.59. The number of hydrogen-bond acceptors (Lipinski definition) is 7. The summed E-state index contributed by atoms with van der Waals surface area (Å²) in [5.41, 5.74) is -0.927. The Morgan fingerprint density at radius 2 is 1.89 bits per heavy atom. The number of nitriles is 1. The van der Waals surface area contributed by atoms with Crippen molar-refractivity contribution in [3.05, 3.63) is 81.0 Å². The molecule has 0 saturated carbocycles. The molecule has 10 heteroatoms. The number of nitrogens with zero attached hydrogens (tertiary/aromatic N) is 3. The lowest BCUT2D eigenvalue weighted by Gasteiger charge is -2.25. The van der Waals surface area contributed by atoms with E-state index < -0.39 is 28.2 Å². The Kier molecular flexibility index (Phi) is 7.94. The van der Waals surface area contributed by atoms with Crippen LogP contribution >= 0.6 is 0 Å². The molecule has 0 fully saturated rings. The minimum absolute atomic E-state index is 0.165. The molecule has 2 atom stereocenters. The number of hydrogen-bond donors (Lipinski definition) is 4. The van der Waals surface area contributed by atoms with Crippen LogP contribution in [0.1, 0.15) is 44.6 Å². The molecule has 35 heavy (non-hydrogen) atoms. The molecule has 1 amide bonds. The maximum absolute atomic E-state index is 12.6. The summed E-state index contributed by atoms with van der Waals surface area (Å²) in [6.07, 6.45) is 1.20. The quantitative estimate of drug-likeness (QED) is 0.332. The van der Waals surface area contributed by atoms with Crippen LogP contribution in [0.15, 0.2) is 74.4 Å². The van der Waals surface area contributed by atoms with Gasteiger partial charge in [-0.15, -0.1) is 5.11 Å². The first-order valence-corrected chi connectivity index (χ1v) is 11.0. The van der Waals surface area contributed by atoms with E-state index in [2.05, 4.69) is 28.5 Å². The highest BCUT2D eigenvalue weighted by atomic mass is 16.3. The Morgan fingerprint density at radius 1 is 1.14 bits per heavy atom. The summed E-state index contributed by atoms with van der Waals surface area (Å²) in [6.45, 7) is 3.94. The normalized spacial score (nSPS) is 13.6. The molecule has 0 aliphatic carbocycles. The first-order valence-electron chi connectivity index (χ1n) is 11.0. The van der Waals surface area contributed by atoms with Gasteiger partial charge in [0.05, 0.1) is 17.2 Å². The number of amides is 1. The van der Waals surface area contributed by atoms with Crippen LogP contribution < -0.4 is 16.6 Å². The molecule has 180 valence electrons. The van der Waals surface area contributed by atoms with Crippen LogP contribution in [0.5, 0.6) is 5.88 Å². The molecule has 2 aromatic carbocycles. The summed E-state index contributed by atoms with van der Waals surface area (Å²) in [7, 11) is 0. The molecule has 0 saturated heterocycles. The summed E-state index contributed by atoms with van der Waals surface area (Å²) >= 11 is 0. The highest BCUT2D eigenvalue weighted by Gasteiger charge is 2.28. The smallest absolute Gasteiger partial charge is 0.328 e. The first-order chi connectivity index (χ1) is 16.7. The van der Waals surface area contributed by atoms with E-state index in [1.807, 2.05) is 47.2 Å². The monoisotopic (exact) mass is 474 g/mol. The molecule has 0 bridgehead atoms. The van der Waals surface area contributed by atoms with Gasteiger partial charge in [0.25, 0.3) is 5.56 Å². The van der Waals surface area contributed by atoms with E-state index in [1.165, 1.54) is 0 Å². The van der Waals surface area contributed by atoms with Crippen LogP contribution in [-0.2, 0) is 4.79 Å². The lowest BCUT2D eigenvalue weighted by atomic mass is 9.77. The van der Waals surface area contributed by atoms with Crippen LogP contribution in [-0.4, -0.2) is 21.0 Å². The van der Waals surface area contributed by atoms with Gasteiger partial charge in [0.15, 0.2) is 0 Å². The molecule has 1 aromatic heterocycles. The first kappa shape index (κ1) is 25.1. The van der Waals surface area contributed by atoms with Crippen LogP contribution in [0, 0.1) is 16.7 Å². The predicted octanol–water partition coefficient (Wildman–Crippen LogP) is 4.63. The molecule has 0 aliphatic heterocycles. The Labute approximate surface area is 201 Å². The van der Waals surface area contributed by atoms with Crippen molar-refractivity contribution in [2.75, 3.05) is 5.32 Å². The van der Waals surface area contributed by atoms with Gasteiger partial charge in [-0.3, -0.25) is 19.6 Å². The number of carbonyl (C=O) groups excluding carboxylic acids is 1. The van der Waals surface area contributed by atoms with Gasteiger partial charge in [0.2, 0.25) is 17.5 Å². The molecule has 0 radical (unpaired) electrons. The fourth-order valence-electron chi connectivity index (χ4n) is 3.71. The molecule has 4 N–H and O–H groups in total. The van der Waals surface area contributed by atoms with Crippen molar-refractivity contribution in [1.29, 1.82) is 5.26 Å². The van der Waals surface area contributed by atoms with Crippen molar-refractivity contribution in [2.24, 2.45) is 15.6 Å². The lowest BCUT2D eigenvalue weighted by molar-refractivity contribution is -0.116. The zero-order valence-electron chi connectivity index (χ0n) is 19.4. The Morgan fingerprint density at radius 3 is 2.57 bits per heavy atom. The van der Waals surface area contributed by atoms with E-state index in [9.17, 15) is 24.8 Å². The van der Waals surface area contributed by atoms with E-state index in [0.29, 0.717) is 24.2 Å². The Bertz CT molecular complexity index is 1370. The third kappa shape index (κ3) is 6.98. The molecule has 3 aromatic rings. The fraction of sp³-hybridized carbons (Fsp3) is 0.280. The topological polar surface area (TPSA) is 164 Å². The van der Waals surface area contributed by atoms with Crippen LogP contribution in [0.4, 0.5) is 17.1 Å². The summed E-state index contributed by atoms with van der Waals surface area (Å²) in [6, 6.07) is 18.8. The number of aromatic hydroxyl groups is 1. The van der Waals surface area contributed by atoms with Crippen molar-refractivity contribution in [2.45, 2.75) is 39.0 Å². The average molecular weight is 475 g/mol. The number of anilines is 1. The molecule has 3 rings (SSSR count). The second kappa shape index (κ2) is 11.1. The fourth-order valence-corrected chi connectivity index (χ4v) is 3.71.